The second-order valence-electron chi connectivity index (χ2n) is 20.1. The summed E-state index contributed by atoms with van der Waals surface area (Å²) in [7, 11) is -0.379. The summed E-state index contributed by atoms with van der Waals surface area (Å²) >= 11 is 3.73. The maximum absolute atomic E-state index is 14.7. The van der Waals surface area contributed by atoms with E-state index in [9.17, 15) is 24.3 Å². The number of nitrogens with one attached hydrogen (secondary N) is 2. The molecule has 0 spiro atoms. The number of carboxylic acid groups (broad SMARTS) is 1. The summed E-state index contributed by atoms with van der Waals surface area (Å²) in [6.45, 7) is 11.5. The van der Waals surface area contributed by atoms with E-state index in [0.29, 0.717) is 35.2 Å². The Bertz CT molecular complexity index is 2150. The van der Waals surface area contributed by atoms with Gasteiger partial charge in [0.05, 0.1) is 23.3 Å². The number of nitrogens with zero attached hydrogens (tertiary/aromatic N) is 3. The van der Waals surface area contributed by atoms with Gasteiger partial charge in [-0.1, -0.05) is 55.6 Å². The molecule has 66 heavy (non-hydrogen) atoms. The average Bonchev–Trinajstić information content (AvgIpc) is 4.12. The van der Waals surface area contributed by atoms with Crippen molar-refractivity contribution in [1.29, 1.82) is 0 Å². The largest absolute Gasteiger partial charge is 0.490 e. The Morgan fingerprint density at radius 2 is 1.80 bits per heavy atom. The van der Waals surface area contributed by atoms with Gasteiger partial charge in [-0.05, 0) is 139 Å². The summed E-state index contributed by atoms with van der Waals surface area (Å²) in [5.74, 6) is 0.550. The molecule has 6 aliphatic rings. The van der Waals surface area contributed by atoms with E-state index < -0.39 is 47.6 Å². The number of benzene rings is 1. The predicted octanol–water partition coefficient (Wildman–Crippen LogP) is 7.53. The molecule has 15 nitrogen and oxygen atoms in total. The molecule has 0 radical (unpaired) electrons. The maximum Gasteiger partial charge on any atom is 0.486 e. The van der Waals surface area contributed by atoms with Gasteiger partial charge in [0, 0.05) is 24.3 Å². The average molecular weight is 977 g/mol. The van der Waals surface area contributed by atoms with Gasteiger partial charge in [-0.3, -0.25) is 14.5 Å². The molecular weight excluding hydrogens is 909 g/mol. The first-order valence-corrected chi connectivity index (χ1v) is 25.1. The van der Waals surface area contributed by atoms with Gasteiger partial charge in [0.1, 0.15) is 46.7 Å². The third-order valence-corrected chi connectivity index (χ3v) is 15.4. The summed E-state index contributed by atoms with van der Waals surface area (Å²) in [5.41, 5.74) is -1.57. The summed E-state index contributed by atoms with van der Waals surface area (Å²) in [6.07, 6.45) is 15.1. The minimum atomic E-state index is -1.46. The number of carbonyl (C=O) groups is 4. The lowest BCUT2D eigenvalue weighted by molar-refractivity contribution is -0.145. The number of hydrogen-bond acceptors (Lipinski definition) is 11. The van der Waals surface area contributed by atoms with Gasteiger partial charge in [-0.25, -0.2) is 14.6 Å². The number of ether oxygens (including phenoxy) is 3. The van der Waals surface area contributed by atoms with E-state index in [2.05, 4.69) is 37.5 Å². The zero-order valence-electron chi connectivity index (χ0n) is 38.9. The molecule has 1 aromatic carbocycles. The Labute approximate surface area is 397 Å². The number of likely N-dealkylation sites (tertiary alicyclic amines) is 1. The molecule has 3 N–H and O–H groups in total. The predicted molar refractivity (Wildman–Crippen MR) is 253 cm³/mol. The van der Waals surface area contributed by atoms with Gasteiger partial charge >= 0.3 is 19.2 Å². The fourth-order valence-corrected chi connectivity index (χ4v) is 10.3. The van der Waals surface area contributed by atoms with Crippen molar-refractivity contribution in [2.45, 2.75) is 159 Å². The number of rotatable bonds is 14. The number of para-hydroxylation sites is 1. The first-order chi connectivity index (χ1) is 31.6. The minimum absolute atomic E-state index is 0.00725. The van der Waals surface area contributed by atoms with E-state index in [1.54, 1.807) is 0 Å². The van der Waals surface area contributed by atoms with Crippen molar-refractivity contribution in [3.8, 4) is 11.6 Å². The van der Waals surface area contributed by atoms with E-state index in [-0.39, 0.29) is 61.5 Å². The van der Waals surface area contributed by atoms with Gasteiger partial charge in [0.25, 0.3) is 0 Å². The number of unbranched alkanes of at least 4 members (excludes halogenated alkanes) is 1. The van der Waals surface area contributed by atoms with Gasteiger partial charge < -0.3 is 44.2 Å². The number of carbonyl (C=O) groups excluding carboxylic acids is 3. The van der Waals surface area contributed by atoms with Gasteiger partial charge in [0.2, 0.25) is 17.7 Å². The normalized spacial score (nSPS) is 30.0. The number of aliphatic carboxylic acids is 1. The van der Waals surface area contributed by atoms with Crippen LogP contribution in [0.25, 0.3) is 10.9 Å². The van der Waals surface area contributed by atoms with Crippen molar-refractivity contribution in [3.05, 3.63) is 52.9 Å². The van der Waals surface area contributed by atoms with Crippen LogP contribution < -0.4 is 20.1 Å². The maximum atomic E-state index is 14.7. The van der Waals surface area contributed by atoms with Crippen molar-refractivity contribution < 1.29 is 47.8 Å². The second-order valence-corrected chi connectivity index (χ2v) is 20.9. The minimum Gasteiger partial charge on any atom is -0.490 e. The van der Waals surface area contributed by atoms with Crippen LogP contribution in [0.1, 0.15) is 118 Å². The Balaban J connectivity index is 0.940. The van der Waals surface area contributed by atoms with Crippen LogP contribution in [0.15, 0.2) is 52.9 Å². The number of piperidine rings is 1. The highest BCUT2D eigenvalue weighted by Crippen LogP contribution is 2.46. The van der Waals surface area contributed by atoms with Gasteiger partial charge in [-0.15, -0.1) is 0 Å². The lowest BCUT2D eigenvalue weighted by Gasteiger charge is -2.32. The standard InChI is InChI=1S/C49H67BBrN5O10/c1-47(2)48(3,4)66-50(65-47)23-15-8-10-18-32-28-39(32)64-46(61)53-37-22-12-7-5-6-11-19-33-30-49(33,45(59)60)54-42(57)38-29-34(31-56(38)44(37)58)63-43-40(51)41(35-20-13-14-21-36(35)52-43)62-27-26-55-24-16-9-17-25-55/h11,13-15,19-21,23,32-34,37-39H,5-10,12,16-18,22,24-31H2,1-4H3,(H,53,61)(H,54,57)(H,59,60)/t32-,33-,34-,37+,38+,39-,49-/m1/s1. The molecular formula is C49H67BBrN5O10. The molecule has 5 fully saturated rings. The highest BCUT2D eigenvalue weighted by Gasteiger charge is 2.61. The molecule has 2 aromatic rings. The smallest absolute Gasteiger partial charge is 0.486 e. The van der Waals surface area contributed by atoms with Crippen LogP contribution in [-0.4, -0.2) is 125 Å². The molecule has 0 unspecified atom stereocenters. The molecule has 2 aliphatic carbocycles. The number of carboxylic acids is 1. The SMILES string of the molecule is CC1(C)OB(C=CCCC[C@@H]2C[C@H]2OC(=O)N[C@H]2CCCCCC=C[C@@H]3C[C@@]3(C(=O)O)NC(=O)[C@@H]3C[C@@H](Oc4nc5ccccc5c(OCCN5CCCCC5)c4Br)CN3C2=O)OC1(C)C. The Kier molecular flexibility index (Phi) is 15.1. The molecule has 17 heteroatoms. The summed E-state index contributed by atoms with van der Waals surface area (Å²) < 4.78 is 31.5. The number of pyridine rings is 1. The lowest BCUT2D eigenvalue weighted by atomic mass is 9.89. The zero-order valence-corrected chi connectivity index (χ0v) is 40.5. The van der Waals surface area contributed by atoms with E-state index in [1.165, 1.54) is 24.2 Å². The summed E-state index contributed by atoms with van der Waals surface area (Å²) in [6, 6.07) is 5.61. The third kappa shape index (κ3) is 11.2. The Morgan fingerprint density at radius 1 is 1.05 bits per heavy atom. The number of allylic oxidation sites excluding steroid dienone is 2. The van der Waals surface area contributed by atoms with Crippen LogP contribution in [0.3, 0.4) is 0 Å². The van der Waals surface area contributed by atoms with Crippen molar-refractivity contribution in [3.63, 3.8) is 0 Å². The molecule has 0 bridgehead atoms. The molecule has 1 aromatic heterocycles. The molecule has 358 valence electrons. The van der Waals surface area contributed by atoms with Crippen molar-refractivity contribution in [2.24, 2.45) is 11.8 Å². The third-order valence-electron chi connectivity index (χ3n) is 14.7. The van der Waals surface area contributed by atoms with Crippen LogP contribution in [0.4, 0.5) is 4.79 Å². The van der Waals surface area contributed by atoms with Crippen molar-refractivity contribution in [1.82, 2.24) is 25.4 Å². The van der Waals surface area contributed by atoms with Gasteiger partial charge in [0.15, 0.2) is 0 Å². The molecule has 2 saturated carbocycles. The number of aromatic nitrogens is 1. The van der Waals surface area contributed by atoms with Crippen LogP contribution in [0, 0.1) is 11.8 Å². The highest BCUT2D eigenvalue weighted by atomic mass is 79.9. The van der Waals surface area contributed by atoms with E-state index in [4.69, 9.17) is 28.5 Å². The quantitative estimate of drug-likeness (QED) is 0.0965. The van der Waals surface area contributed by atoms with E-state index >= 15 is 0 Å². The number of hydrogen-bond donors (Lipinski definition) is 3. The van der Waals surface area contributed by atoms with Crippen LogP contribution in [0.5, 0.6) is 11.6 Å². The van der Waals surface area contributed by atoms with Crippen molar-refractivity contribution in [2.75, 3.05) is 32.8 Å². The molecule has 8 rings (SSSR count). The number of alkyl carbamates (subject to hydrolysis) is 1. The van der Waals surface area contributed by atoms with Crippen LogP contribution in [0.2, 0.25) is 0 Å². The molecule has 7 atom stereocenters. The van der Waals surface area contributed by atoms with Crippen LogP contribution >= 0.6 is 15.9 Å². The van der Waals surface area contributed by atoms with E-state index in [1.807, 2.05) is 70.1 Å². The monoisotopic (exact) mass is 975 g/mol. The van der Waals surface area contributed by atoms with Crippen molar-refractivity contribution >= 4 is 57.8 Å². The first-order valence-electron chi connectivity index (χ1n) is 24.3. The Morgan fingerprint density at radius 3 is 2.58 bits per heavy atom. The summed E-state index contributed by atoms with van der Waals surface area (Å²) in [4.78, 5) is 63.9. The van der Waals surface area contributed by atoms with Crippen LogP contribution in [-0.2, 0) is 28.4 Å². The molecule has 3 saturated heterocycles. The first kappa shape index (κ1) is 48.3. The fraction of sp³-hybridized carbons (Fsp3) is 0.653. The summed E-state index contributed by atoms with van der Waals surface area (Å²) in [5, 5.41) is 16.9. The molecule has 3 amide bonds. The highest BCUT2D eigenvalue weighted by molar-refractivity contribution is 9.10. The van der Waals surface area contributed by atoms with E-state index in [0.717, 1.165) is 70.0 Å². The number of halogens is 1. The molecule has 5 heterocycles. The molecule has 4 aliphatic heterocycles. The topological polar surface area (TPSA) is 178 Å². The number of fused-ring (bicyclic) bond motifs is 3. The lowest BCUT2D eigenvalue weighted by Crippen LogP contribution is -2.56. The number of amides is 3. The fourth-order valence-electron chi connectivity index (χ4n) is 9.77. The van der Waals surface area contributed by atoms with Gasteiger partial charge in [-0.2, -0.15) is 0 Å². The Hall–Kier alpha value is -4.19. The zero-order chi connectivity index (χ0) is 46.6. The second kappa shape index (κ2) is 20.6.